The minimum Gasteiger partial charge on any atom is -0.339 e. The van der Waals surface area contributed by atoms with Crippen molar-refractivity contribution < 1.29 is 0 Å². The number of benzene rings is 2. The molecule has 88 valence electrons. The van der Waals surface area contributed by atoms with Gasteiger partial charge in [0.25, 0.3) is 0 Å². The number of aromatic amines is 1. The maximum Gasteiger partial charge on any atom is 0.139 e. The topological polar surface area (TPSA) is 28.7 Å². The summed E-state index contributed by atoms with van der Waals surface area (Å²) >= 11 is 11.3. The van der Waals surface area contributed by atoms with Gasteiger partial charge >= 0.3 is 0 Å². The molecule has 0 aliphatic carbocycles. The van der Waals surface area contributed by atoms with E-state index in [1.54, 1.807) is 0 Å². The predicted octanol–water partition coefficient (Wildman–Crippen LogP) is 4.61. The molecule has 0 aliphatic heterocycles. The van der Waals surface area contributed by atoms with Gasteiger partial charge in [0.2, 0.25) is 0 Å². The molecule has 1 N–H and O–H groups in total. The highest BCUT2D eigenvalue weighted by molar-refractivity contribution is 7.71. The van der Waals surface area contributed by atoms with Crippen molar-refractivity contribution >= 4 is 34.7 Å². The van der Waals surface area contributed by atoms with Gasteiger partial charge in [-0.05, 0) is 18.2 Å². The zero-order chi connectivity index (χ0) is 12.5. The smallest absolute Gasteiger partial charge is 0.139 e. The summed E-state index contributed by atoms with van der Waals surface area (Å²) in [6.45, 7) is 0. The van der Waals surface area contributed by atoms with Crippen LogP contribution in [0.3, 0.4) is 0 Å². The van der Waals surface area contributed by atoms with E-state index in [0.717, 1.165) is 22.3 Å². The van der Waals surface area contributed by atoms with E-state index >= 15 is 0 Å². The lowest BCUT2D eigenvalue weighted by Crippen LogP contribution is -1.91. The highest BCUT2D eigenvalue weighted by Gasteiger charge is 2.03. The van der Waals surface area contributed by atoms with Gasteiger partial charge in [-0.15, -0.1) is 0 Å². The lowest BCUT2D eigenvalue weighted by Gasteiger charge is -2.04. The van der Waals surface area contributed by atoms with Crippen LogP contribution < -0.4 is 0 Å². The number of hydrogen-bond acceptors (Lipinski definition) is 2. The van der Waals surface area contributed by atoms with E-state index in [2.05, 4.69) is 9.97 Å². The van der Waals surface area contributed by atoms with Gasteiger partial charge in [-0.3, -0.25) is 0 Å². The SMILES string of the molecule is S=c1nc(-c2ccccc2)[nH]c2ccc(Cl)cc12. The van der Waals surface area contributed by atoms with Crippen LogP contribution in [0.2, 0.25) is 5.02 Å². The maximum absolute atomic E-state index is 5.96. The summed E-state index contributed by atoms with van der Waals surface area (Å²) in [5.41, 5.74) is 1.96. The summed E-state index contributed by atoms with van der Waals surface area (Å²) in [6.07, 6.45) is 0. The fraction of sp³-hybridized carbons (Fsp3) is 0. The highest BCUT2D eigenvalue weighted by Crippen LogP contribution is 2.22. The molecule has 1 heterocycles. The zero-order valence-corrected chi connectivity index (χ0v) is 10.9. The van der Waals surface area contributed by atoms with E-state index in [1.807, 2.05) is 48.5 Å². The molecule has 3 rings (SSSR count). The lowest BCUT2D eigenvalue weighted by molar-refractivity contribution is 1.21. The zero-order valence-electron chi connectivity index (χ0n) is 9.35. The van der Waals surface area contributed by atoms with Crippen molar-refractivity contribution in [3.05, 3.63) is 58.2 Å². The number of hydrogen-bond donors (Lipinski definition) is 1. The molecule has 0 bridgehead atoms. The number of halogens is 1. The molecule has 18 heavy (non-hydrogen) atoms. The fourth-order valence-electron chi connectivity index (χ4n) is 1.85. The van der Waals surface area contributed by atoms with E-state index in [1.165, 1.54) is 0 Å². The van der Waals surface area contributed by atoms with Crippen molar-refractivity contribution in [3.8, 4) is 11.4 Å². The van der Waals surface area contributed by atoms with E-state index in [4.69, 9.17) is 23.8 Å². The third-order valence-electron chi connectivity index (χ3n) is 2.73. The average Bonchev–Trinajstić information content (AvgIpc) is 2.40. The Balaban J connectivity index is 2.29. The molecule has 0 saturated heterocycles. The van der Waals surface area contributed by atoms with Gasteiger partial charge in [-0.25, -0.2) is 4.98 Å². The molecule has 3 aromatic rings. The summed E-state index contributed by atoms with van der Waals surface area (Å²) in [6, 6.07) is 15.5. The Morgan fingerprint density at radius 1 is 1.06 bits per heavy atom. The number of rotatable bonds is 1. The summed E-state index contributed by atoms with van der Waals surface area (Å²) in [4.78, 5) is 7.69. The Bertz CT molecular complexity index is 766. The molecule has 0 spiro atoms. The summed E-state index contributed by atoms with van der Waals surface area (Å²) in [5, 5.41) is 1.54. The molecule has 0 amide bonds. The number of H-pyrrole nitrogens is 1. The Kier molecular flexibility index (Phi) is 2.86. The van der Waals surface area contributed by atoms with Gasteiger partial charge in [0.1, 0.15) is 10.5 Å². The number of nitrogens with zero attached hydrogens (tertiary/aromatic N) is 1. The van der Waals surface area contributed by atoms with Crippen LogP contribution in [0.25, 0.3) is 22.3 Å². The van der Waals surface area contributed by atoms with Crippen LogP contribution in [0.5, 0.6) is 0 Å². The Morgan fingerprint density at radius 3 is 2.61 bits per heavy atom. The highest BCUT2D eigenvalue weighted by atomic mass is 35.5. The van der Waals surface area contributed by atoms with E-state index in [0.29, 0.717) is 9.66 Å². The maximum atomic E-state index is 5.96. The Labute approximate surface area is 114 Å². The van der Waals surface area contributed by atoms with Crippen LogP contribution >= 0.6 is 23.8 Å². The Morgan fingerprint density at radius 2 is 1.83 bits per heavy atom. The van der Waals surface area contributed by atoms with Gasteiger partial charge in [-0.1, -0.05) is 54.2 Å². The van der Waals surface area contributed by atoms with Gasteiger partial charge in [0.05, 0.1) is 5.52 Å². The lowest BCUT2D eigenvalue weighted by atomic mass is 10.2. The molecule has 0 saturated carbocycles. The van der Waals surface area contributed by atoms with Crippen LogP contribution in [0.4, 0.5) is 0 Å². The van der Waals surface area contributed by atoms with Crippen molar-refractivity contribution in [2.75, 3.05) is 0 Å². The first-order valence-corrected chi connectivity index (χ1v) is 6.28. The van der Waals surface area contributed by atoms with Crippen LogP contribution in [-0.2, 0) is 0 Å². The minimum absolute atomic E-state index is 0.560. The third kappa shape index (κ3) is 2.03. The van der Waals surface area contributed by atoms with Gasteiger partial charge in [0.15, 0.2) is 0 Å². The third-order valence-corrected chi connectivity index (χ3v) is 3.27. The summed E-state index contributed by atoms with van der Waals surface area (Å²) < 4.78 is 0.560. The van der Waals surface area contributed by atoms with Gasteiger partial charge in [-0.2, -0.15) is 0 Å². The normalized spacial score (nSPS) is 10.7. The largest absolute Gasteiger partial charge is 0.339 e. The molecule has 0 aliphatic rings. The van der Waals surface area contributed by atoms with Gasteiger partial charge < -0.3 is 4.98 Å². The number of aromatic nitrogens is 2. The number of nitrogens with one attached hydrogen (secondary N) is 1. The van der Waals surface area contributed by atoms with E-state index in [9.17, 15) is 0 Å². The van der Waals surface area contributed by atoms with Crippen molar-refractivity contribution in [1.82, 2.24) is 9.97 Å². The second kappa shape index (κ2) is 4.52. The molecule has 0 unspecified atom stereocenters. The van der Waals surface area contributed by atoms with Gasteiger partial charge in [0, 0.05) is 16.0 Å². The first-order chi connectivity index (χ1) is 8.74. The quantitative estimate of drug-likeness (QED) is 0.655. The van der Waals surface area contributed by atoms with Crippen molar-refractivity contribution in [3.63, 3.8) is 0 Å². The molecule has 4 heteroatoms. The monoisotopic (exact) mass is 272 g/mol. The molecule has 2 aromatic carbocycles. The molecule has 0 radical (unpaired) electrons. The van der Waals surface area contributed by atoms with Crippen molar-refractivity contribution in [1.29, 1.82) is 0 Å². The molecule has 1 aromatic heterocycles. The van der Waals surface area contributed by atoms with Crippen LogP contribution in [0.15, 0.2) is 48.5 Å². The summed E-state index contributed by atoms with van der Waals surface area (Å²) in [7, 11) is 0. The second-order valence-electron chi connectivity index (χ2n) is 3.95. The number of fused-ring (bicyclic) bond motifs is 1. The molecule has 0 fully saturated rings. The van der Waals surface area contributed by atoms with E-state index < -0.39 is 0 Å². The average molecular weight is 273 g/mol. The second-order valence-corrected chi connectivity index (χ2v) is 4.77. The first-order valence-electron chi connectivity index (χ1n) is 5.49. The van der Waals surface area contributed by atoms with Crippen molar-refractivity contribution in [2.45, 2.75) is 0 Å². The molecule has 0 atom stereocenters. The minimum atomic E-state index is 0.560. The standard InChI is InChI=1S/C14H9ClN2S/c15-10-6-7-12-11(8-10)14(18)17-13(16-12)9-4-2-1-3-5-9/h1-8H,(H,16,17,18). The predicted molar refractivity (Wildman–Crippen MR) is 77.4 cm³/mol. The fourth-order valence-corrected chi connectivity index (χ4v) is 2.28. The molecular formula is C14H9ClN2S. The van der Waals surface area contributed by atoms with Crippen molar-refractivity contribution in [2.24, 2.45) is 0 Å². The first kappa shape index (κ1) is 11.4. The van der Waals surface area contributed by atoms with Crippen LogP contribution in [0.1, 0.15) is 0 Å². The Hall–Kier alpha value is -1.71. The van der Waals surface area contributed by atoms with Crippen LogP contribution in [0, 0.1) is 4.64 Å². The summed E-state index contributed by atoms with van der Waals surface area (Å²) in [5.74, 6) is 0.774. The molecular weight excluding hydrogens is 264 g/mol. The van der Waals surface area contributed by atoms with Crippen LogP contribution in [-0.4, -0.2) is 9.97 Å². The molecule has 2 nitrogen and oxygen atoms in total. The van der Waals surface area contributed by atoms with E-state index in [-0.39, 0.29) is 0 Å².